The summed E-state index contributed by atoms with van der Waals surface area (Å²) in [6.45, 7) is 1.50. The number of sulfone groups is 1. The van der Waals surface area contributed by atoms with Gasteiger partial charge < -0.3 is 9.47 Å². The van der Waals surface area contributed by atoms with Crippen molar-refractivity contribution in [2.45, 2.75) is 16.3 Å². The zero-order valence-electron chi connectivity index (χ0n) is 13.2. The number of fused-ring (bicyclic) bond motifs is 1. The molecule has 3 aromatic rings. The molecule has 6 heteroatoms. The van der Waals surface area contributed by atoms with Crippen molar-refractivity contribution in [2.24, 2.45) is 0 Å². The van der Waals surface area contributed by atoms with E-state index in [1.54, 1.807) is 48.8 Å². The van der Waals surface area contributed by atoms with Crippen LogP contribution >= 0.6 is 0 Å². The first-order chi connectivity index (χ1) is 11.0. The van der Waals surface area contributed by atoms with Gasteiger partial charge in [-0.15, -0.1) is 0 Å². The molecule has 0 N–H and O–H groups in total. The topological polar surface area (TPSA) is 55.2 Å². The van der Waals surface area contributed by atoms with Crippen molar-refractivity contribution in [1.82, 2.24) is 14.5 Å². The number of aromatic nitrogens is 2. The average Bonchev–Trinajstić information content (AvgIpc) is 2.93. The Bertz CT molecular complexity index is 915. The fourth-order valence-corrected chi connectivity index (χ4v) is 3.99. The van der Waals surface area contributed by atoms with Gasteiger partial charge in [0.25, 0.3) is 0 Å². The lowest BCUT2D eigenvalue weighted by atomic mass is 10.3. The molecule has 0 amide bonds. The summed E-state index contributed by atoms with van der Waals surface area (Å²) in [6.07, 6.45) is 3.39. The highest BCUT2D eigenvalue weighted by molar-refractivity contribution is 7.91. The van der Waals surface area contributed by atoms with Crippen LogP contribution in [0.5, 0.6) is 0 Å². The van der Waals surface area contributed by atoms with Crippen LogP contribution in [0.2, 0.25) is 0 Å². The van der Waals surface area contributed by atoms with Crippen LogP contribution < -0.4 is 0 Å². The van der Waals surface area contributed by atoms with E-state index in [1.807, 2.05) is 24.7 Å². The fourth-order valence-electron chi connectivity index (χ4n) is 2.51. The molecule has 0 radical (unpaired) electrons. The number of rotatable bonds is 5. The molecule has 0 fully saturated rings. The van der Waals surface area contributed by atoms with E-state index in [0.29, 0.717) is 27.4 Å². The number of likely N-dealkylation sites (N-methyl/N-ethyl adjacent to an activating group) is 1. The normalized spacial score (nSPS) is 12.1. The monoisotopic (exact) mass is 329 g/mol. The maximum Gasteiger partial charge on any atom is 0.208 e. The lowest BCUT2D eigenvalue weighted by Crippen LogP contribution is -2.18. The molecule has 0 aliphatic rings. The highest BCUT2D eigenvalue weighted by Gasteiger charge is 2.23. The highest BCUT2D eigenvalue weighted by atomic mass is 32.2. The Hall–Kier alpha value is -2.18. The lowest BCUT2D eigenvalue weighted by Gasteiger charge is -2.10. The van der Waals surface area contributed by atoms with E-state index in [1.165, 1.54) is 0 Å². The highest BCUT2D eigenvalue weighted by Crippen LogP contribution is 2.29. The minimum Gasteiger partial charge on any atom is -0.330 e. The molecule has 0 saturated heterocycles. The van der Waals surface area contributed by atoms with Crippen LogP contribution in [-0.2, 0) is 16.4 Å². The summed E-state index contributed by atoms with van der Waals surface area (Å²) < 4.78 is 27.8. The first kappa shape index (κ1) is 15.7. The molecule has 0 saturated carbocycles. The Morgan fingerprint density at radius 2 is 1.83 bits per heavy atom. The molecule has 0 bridgehead atoms. The fraction of sp³-hybridized carbons (Fsp3) is 0.235. The number of benzene rings is 1. The molecular formula is C17H19N3O2S. The molecule has 2 heterocycles. The van der Waals surface area contributed by atoms with Crippen molar-refractivity contribution < 1.29 is 8.42 Å². The lowest BCUT2D eigenvalue weighted by molar-refractivity contribution is 0.386. The average molecular weight is 329 g/mol. The molecule has 23 heavy (non-hydrogen) atoms. The maximum atomic E-state index is 12.9. The van der Waals surface area contributed by atoms with Gasteiger partial charge in [0, 0.05) is 30.9 Å². The van der Waals surface area contributed by atoms with Gasteiger partial charge in [0.05, 0.1) is 9.79 Å². The predicted octanol–water partition coefficient (Wildman–Crippen LogP) is 2.43. The van der Waals surface area contributed by atoms with E-state index in [4.69, 9.17) is 0 Å². The van der Waals surface area contributed by atoms with Gasteiger partial charge in [0.2, 0.25) is 9.84 Å². The van der Waals surface area contributed by atoms with Crippen molar-refractivity contribution in [2.75, 3.05) is 20.6 Å². The van der Waals surface area contributed by atoms with E-state index in [0.717, 1.165) is 6.54 Å². The van der Waals surface area contributed by atoms with Crippen molar-refractivity contribution in [3.05, 3.63) is 54.9 Å². The van der Waals surface area contributed by atoms with Crippen LogP contribution in [0, 0.1) is 0 Å². The van der Waals surface area contributed by atoms with Gasteiger partial charge in [-0.3, -0.25) is 0 Å². The van der Waals surface area contributed by atoms with E-state index >= 15 is 0 Å². The molecule has 0 spiro atoms. The second-order valence-corrected chi connectivity index (χ2v) is 7.60. The predicted molar refractivity (Wildman–Crippen MR) is 90.2 cm³/mol. The molecule has 0 unspecified atom stereocenters. The summed E-state index contributed by atoms with van der Waals surface area (Å²) >= 11 is 0. The van der Waals surface area contributed by atoms with Crippen LogP contribution in [0.1, 0.15) is 0 Å². The third-order valence-corrected chi connectivity index (χ3v) is 5.53. The summed E-state index contributed by atoms with van der Waals surface area (Å²) in [5, 5.41) is 0.662. The minimum absolute atomic E-state index is 0.301. The Morgan fingerprint density at radius 1 is 1.09 bits per heavy atom. The van der Waals surface area contributed by atoms with Crippen molar-refractivity contribution in [3.63, 3.8) is 0 Å². The third-order valence-electron chi connectivity index (χ3n) is 3.73. The quantitative estimate of drug-likeness (QED) is 0.721. The first-order valence-corrected chi connectivity index (χ1v) is 8.87. The maximum absolute atomic E-state index is 12.9. The summed E-state index contributed by atoms with van der Waals surface area (Å²) in [5.41, 5.74) is 0.698. The van der Waals surface area contributed by atoms with Gasteiger partial charge in [-0.05, 0) is 38.4 Å². The zero-order chi connectivity index (χ0) is 16.4. The van der Waals surface area contributed by atoms with Crippen LogP contribution in [0.4, 0.5) is 0 Å². The van der Waals surface area contributed by atoms with E-state index < -0.39 is 9.84 Å². The number of nitrogens with zero attached hydrogens (tertiary/aromatic N) is 3. The van der Waals surface area contributed by atoms with Crippen LogP contribution in [0.25, 0.3) is 11.0 Å². The molecule has 5 nitrogen and oxygen atoms in total. The van der Waals surface area contributed by atoms with E-state index in [2.05, 4.69) is 9.88 Å². The Balaban J connectivity index is 2.15. The standard InChI is InChI=1S/C17H19N3O2S/c1-19(2)11-12-20-13-16(15-9-6-10-18-17(15)20)23(21,22)14-7-4-3-5-8-14/h3-10,13H,11-12H2,1-2H3. The van der Waals surface area contributed by atoms with Crippen LogP contribution in [-0.4, -0.2) is 43.5 Å². The number of hydrogen-bond acceptors (Lipinski definition) is 4. The third kappa shape index (κ3) is 3.00. The molecule has 3 rings (SSSR count). The zero-order valence-corrected chi connectivity index (χ0v) is 14.0. The number of hydrogen-bond donors (Lipinski definition) is 0. The summed E-state index contributed by atoms with van der Waals surface area (Å²) in [4.78, 5) is 7.03. The Kier molecular flexibility index (Phi) is 4.19. The Labute approximate surface area is 136 Å². The second kappa shape index (κ2) is 6.14. The summed E-state index contributed by atoms with van der Waals surface area (Å²) in [5.74, 6) is 0. The second-order valence-electron chi connectivity index (χ2n) is 5.68. The van der Waals surface area contributed by atoms with Crippen molar-refractivity contribution in [3.8, 4) is 0 Å². The van der Waals surface area contributed by atoms with Gasteiger partial charge in [-0.25, -0.2) is 13.4 Å². The van der Waals surface area contributed by atoms with E-state index in [9.17, 15) is 8.42 Å². The Morgan fingerprint density at radius 3 is 2.52 bits per heavy atom. The smallest absolute Gasteiger partial charge is 0.208 e. The molecule has 0 aliphatic heterocycles. The number of pyridine rings is 1. The first-order valence-electron chi connectivity index (χ1n) is 7.39. The molecular weight excluding hydrogens is 310 g/mol. The van der Waals surface area contributed by atoms with Gasteiger partial charge in [-0.1, -0.05) is 18.2 Å². The molecule has 0 atom stereocenters. The molecule has 1 aromatic carbocycles. The summed E-state index contributed by atoms with van der Waals surface area (Å²) in [7, 11) is 0.416. The van der Waals surface area contributed by atoms with E-state index in [-0.39, 0.29) is 0 Å². The van der Waals surface area contributed by atoms with Crippen molar-refractivity contribution >= 4 is 20.9 Å². The van der Waals surface area contributed by atoms with Crippen LogP contribution in [0.15, 0.2) is 64.6 Å². The largest absolute Gasteiger partial charge is 0.330 e. The van der Waals surface area contributed by atoms with Gasteiger partial charge >= 0.3 is 0 Å². The van der Waals surface area contributed by atoms with Gasteiger partial charge in [0.1, 0.15) is 5.65 Å². The molecule has 2 aromatic heterocycles. The van der Waals surface area contributed by atoms with Gasteiger partial charge in [-0.2, -0.15) is 0 Å². The van der Waals surface area contributed by atoms with Crippen molar-refractivity contribution in [1.29, 1.82) is 0 Å². The van der Waals surface area contributed by atoms with Gasteiger partial charge in [0.15, 0.2) is 0 Å². The molecule has 120 valence electrons. The van der Waals surface area contributed by atoms with Crippen LogP contribution in [0.3, 0.4) is 0 Å². The minimum atomic E-state index is -3.56. The SMILES string of the molecule is CN(C)CCn1cc(S(=O)(=O)c2ccccc2)c2cccnc21. The summed E-state index contributed by atoms with van der Waals surface area (Å²) in [6, 6.07) is 12.1. The molecule has 0 aliphatic carbocycles.